The van der Waals surface area contributed by atoms with Gasteiger partial charge < -0.3 is 4.90 Å². The molecule has 88 valence electrons. The molecule has 0 aliphatic rings. The molecule has 0 N–H and O–H groups in total. The Morgan fingerprint density at radius 3 is 2.69 bits per heavy atom. The maximum absolute atomic E-state index is 13.3. The van der Waals surface area contributed by atoms with Gasteiger partial charge in [0.05, 0.1) is 4.83 Å². The summed E-state index contributed by atoms with van der Waals surface area (Å²) in [4.78, 5) is 13.1. The minimum absolute atomic E-state index is 0.0225. The minimum Gasteiger partial charge on any atom is -0.340 e. The average molecular weight is 288 g/mol. The molecule has 0 fully saturated rings. The van der Waals surface area contributed by atoms with Crippen LogP contribution in [0.15, 0.2) is 24.3 Å². The molecule has 1 aromatic rings. The number of halogens is 2. The van der Waals surface area contributed by atoms with E-state index in [1.807, 2.05) is 6.92 Å². The van der Waals surface area contributed by atoms with Gasteiger partial charge in [-0.05, 0) is 12.5 Å². The first-order valence-corrected chi connectivity index (χ1v) is 6.10. The maximum Gasteiger partial charge on any atom is 0.236 e. The van der Waals surface area contributed by atoms with Gasteiger partial charge in [0.25, 0.3) is 0 Å². The number of amides is 1. The molecular weight excluding hydrogens is 273 g/mol. The third kappa shape index (κ3) is 3.30. The number of carbonyl (C=O) groups is 1. The highest BCUT2D eigenvalue weighted by atomic mass is 79.9. The van der Waals surface area contributed by atoms with Gasteiger partial charge in [0, 0.05) is 19.2 Å². The standard InChI is InChI=1S/C12H15BrFNO/c1-3-10(13)12(16)15(2)8-9-6-4-5-7-11(9)14/h4-7,10H,3,8H2,1-2H3. The zero-order valence-corrected chi connectivity index (χ0v) is 11.0. The van der Waals surface area contributed by atoms with Crippen LogP contribution >= 0.6 is 15.9 Å². The SMILES string of the molecule is CCC(Br)C(=O)N(C)Cc1ccccc1F. The summed E-state index contributed by atoms with van der Waals surface area (Å²) in [5, 5.41) is 0. The van der Waals surface area contributed by atoms with Crippen LogP contribution in [-0.4, -0.2) is 22.7 Å². The molecule has 1 rings (SSSR count). The topological polar surface area (TPSA) is 20.3 Å². The predicted octanol–water partition coefficient (Wildman–Crippen LogP) is 2.96. The van der Waals surface area contributed by atoms with Gasteiger partial charge in [0.15, 0.2) is 0 Å². The molecule has 0 aliphatic carbocycles. The molecule has 0 aromatic heterocycles. The van der Waals surface area contributed by atoms with E-state index >= 15 is 0 Å². The van der Waals surface area contributed by atoms with Crippen molar-refractivity contribution in [3.05, 3.63) is 35.6 Å². The summed E-state index contributed by atoms with van der Waals surface area (Å²) in [6.07, 6.45) is 0.723. The van der Waals surface area contributed by atoms with Gasteiger partial charge in [0.2, 0.25) is 5.91 Å². The highest BCUT2D eigenvalue weighted by molar-refractivity contribution is 9.10. The molecular formula is C12H15BrFNO. The highest BCUT2D eigenvalue weighted by Gasteiger charge is 2.17. The molecule has 0 bridgehead atoms. The number of hydrogen-bond acceptors (Lipinski definition) is 1. The van der Waals surface area contributed by atoms with Crippen LogP contribution in [-0.2, 0) is 11.3 Å². The van der Waals surface area contributed by atoms with Gasteiger partial charge in [-0.3, -0.25) is 4.79 Å². The molecule has 0 spiro atoms. The fourth-order valence-electron chi connectivity index (χ4n) is 1.37. The lowest BCUT2D eigenvalue weighted by molar-refractivity contribution is -0.129. The summed E-state index contributed by atoms with van der Waals surface area (Å²) in [7, 11) is 1.68. The number of carbonyl (C=O) groups excluding carboxylic acids is 1. The fraction of sp³-hybridized carbons (Fsp3) is 0.417. The van der Waals surface area contributed by atoms with E-state index < -0.39 is 0 Å². The van der Waals surface area contributed by atoms with E-state index in [9.17, 15) is 9.18 Å². The Labute approximate surface area is 104 Å². The second-order valence-electron chi connectivity index (χ2n) is 3.66. The van der Waals surface area contributed by atoms with Crippen molar-refractivity contribution >= 4 is 21.8 Å². The number of nitrogens with zero attached hydrogens (tertiary/aromatic N) is 1. The first kappa shape index (κ1) is 13.2. The maximum atomic E-state index is 13.3. The summed E-state index contributed by atoms with van der Waals surface area (Å²) >= 11 is 3.29. The van der Waals surface area contributed by atoms with Crippen LogP contribution in [0.25, 0.3) is 0 Å². The summed E-state index contributed by atoms with van der Waals surface area (Å²) in [6.45, 7) is 2.22. The van der Waals surface area contributed by atoms with Gasteiger partial charge in [-0.25, -0.2) is 4.39 Å². The summed E-state index contributed by atoms with van der Waals surface area (Å²) < 4.78 is 13.3. The molecule has 1 atom stereocenters. The Bertz CT molecular complexity index is 370. The van der Waals surface area contributed by atoms with Crippen LogP contribution in [0.1, 0.15) is 18.9 Å². The van der Waals surface area contributed by atoms with Gasteiger partial charge in [-0.1, -0.05) is 41.1 Å². The lowest BCUT2D eigenvalue weighted by Crippen LogP contribution is -2.32. The summed E-state index contributed by atoms with van der Waals surface area (Å²) in [5.74, 6) is -0.296. The number of alkyl halides is 1. The normalized spacial score (nSPS) is 12.2. The number of benzene rings is 1. The van der Waals surface area contributed by atoms with Crippen molar-refractivity contribution in [2.45, 2.75) is 24.7 Å². The molecule has 2 nitrogen and oxygen atoms in total. The van der Waals surface area contributed by atoms with Crippen LogP contribution in [0, 0.1) is 5.82 Å². The van der Waals surface area contributed by atoms with Crippen molar-refractivity contribution in [2.24, 2.45) is 0 Å². The van der Waals surface area contributed by atoms with Crippen LogP contribution in [0.2, 0.25) is 0 Å². The predicted molar refractivity (Wildman–Crippen MR) is 65.9 cm³/mol. The molecule has 1 unspecified atom stereocenters. The van der Waals surface area contributed by atoms with E-state index in [1.54, 1.807) is 25.2 Å². The zero-order chi connectivity index (χ0) is 12.1. The van der Waals surface area contributed by atoms with Gasteiger partial charge >= 0.3 is 0 Å². The first-order valence-electron chi connectivity index (χ1n) is 5.18. The Morgan fingerprint density at radius 2 is 2.12 bits per heavy atom. The first-order chi connectivity index (χ1) is 7.56. The van der Waals surface area contributed by atoms with E-state index in [-0.39, 0.29) is 16.6 Å². The zero-order valence-electron chi connectivity index (χ0n) is 9.41. The summed E-state index contributed by atoms with van der Waals surface area (Å²) in [5.41, 5.74) is 0.536. The molecule has 0 heterocycles. The second kappa shape index (κ2) is 5.99. The lowest BCUT2D eigenvalue weighted by atomic mass is 10.2. The Hall–Kier alpha value is -0.900. The quantitative estimate of drug-likeness (QED) is 0.780. The van der Waals surface area contributed by atoms with Crippen molar-refractivity contribution in [1.82, 2.24) is 4.90 Å². The largest absolute Gasteiger partial charge is 0.340 e. The molecule has 0 aliphatic heterocycles. The number of hydrogen-bond donors (Lipinski definition) is 0. The Kier molecular flexibility index (Phi) is 4.93. The van der Waals surface area contributed by atoms with Crippen LogP contribution in [0.4, 0.5) is 4.39 Å². The summed E-state index contributed by atoms with van der Waals surface area (Å²) in [6, 6.07) is 6.50. The third-order valence-corrected chi connectivity index (χ3v) is 3.41. The van der Waals surface area contributed by atoms with Crippen LogP contribution in [0.5, 0.6) is 0 Å². The van der Waals surface area contributed by atoms with E-state index in [4.69, 9.17) is 0 Å². The van der Waals surface area contributed by atoms with E-state index in [0.717, 1.165) is 6.42 Å². The van der Waals surface area contributed by atoms with Gasteiger partial charge in [0.1, 0.15) is 5.82 Å². The smallest absolute Gasteiger partial charge is 0.236 e. The third-order valence-electron chi connectivity index (χ3n) is 2.37. The van der Waals surface area contributed by atoms with E-state index in [0.29, 0.717) is 12.1 Å². The second-order valence-corrected chi connectivity index (χ2v) is 4.77. The van der Waals surface area contributed by atoms with Crippen molar-refractivity contribution in [3.8, 4) is 0 Å². The van der Waals surface area contributed by atoms with Gasteiger partial charge in [-0.2, -0.15) is 0 Å². The molecule has 0 saturated heterocycles. The van der Waals surface area contributed by atoms with Crippen LogP contribution < -0.4 is 0 Å². The van der Waals surface area contributed by atoms with Crippen molar-refractivity contribution in [2.75, 3.05) is 7.05 Å². The van der Waals surface area contributed by atoms with Crippen LogP contribution in [0.3, 0.4) is 0 Å². The molecule has 1 amide bonds. The number of rotatable bonds is 4. The monoisotopic (exact) mass is 287 g/mol. The fourth-order valence-corrected chi connectivity index (χ4v) is 1.72. The van der Waals surface area contributed by atoms with Crippen molar-refractivity contribution in [1.29, 1.82) is 0 Å². The Balaban J connectivity index is 2.68. The van der Waals surface area contributed by atoms with E-state index in [2.05, 4.69) is 15.9 Å². The molecule has 16 heavy (non-hydrogen) atoms. The molecule has 0 radical (unpaired) electrons. The highest BCUT2D eigenvalue weighted by Crippen LogP contribution is 2.13. The van der Waals surface area contributed by atoms with Crippen molar-refractivity contribution in [3.63, 3.8) is 0 Å². The molecule has 1 aromatic carbocycles. The molecule has 4 heteroatoms. The van der Waals surface area contributed by atoms with E-state index in [1.165, 1.54) is 11.0 Å². The lowest BCUT2D eigenvalue weighted by Gasteiger charge is -2.20. The Morgan fingerprint density at radius 1 is 1.50 bits per heavy atom. The van der Waals surface area contributed by atoms with Crippen molar-refractivity contribution < 1.29 is 9.18 Å². The molecule has 0 saturated carbocycles. The van der Waals surface area contributed by atoms with Gasteiger partial charge in [-0.15, -0.1) is 0 Å². The minimum atomic E-state index is -0.273. The average Bonchev–Trinajstić information content (AvgIpc) is 2.30.